The van der Waals surface area contributed by atoms with Crippen LogP contribution in [0.15, 0.2) is 134 Å². The molecular formula is C33H29N3O4. The highest BCUT2D eigenvalue weighted by Crippen LogP contribution is 2.42. The van der Waals surface area contributed by atoms with E-state index in [0.717, 1.165) is 22.3 Å². The summed E-state index contributed by atoms with van der Waals surface area (Å²) in [7, 11) is 0. The van der Waals surface area contributed by atoms with Crippen LogP contribution in [-0.4, -0.2) is 21.7 Å². The number of carbonyl (C=O) groups is 2. The van der Waals surface area contributed by atoms with Gasteiger partial charge in [-0.25, -0.2) is 9.78 Å². The van der Waals surface area contributed by atoms with Gasteiger partial charge in [-0.15, -0.1) is 0 Å². The van der Waals surface area contributed by atoms with Gasteiger partial charge in [0.2, 0.25) is 0 Å². The normalized spacial score (nSPS) is 11.9. The van der Waals surface area contributed by atoms with Crippen LogP contribution in [0, 0.1) is 0 Å². The van der Waals surface area contributed by atoms with E-state index in [1.165, 1.54) is 0 Å². The zero-order valence-corrected chi connectivity index (χ0v) is 21.8. The van der Waals surface area contributed by atoms with Crippen molar-refractivity contribution >= 4 is 12.1 Å². The standard InChI is InChI=1S/C33H29N3O4/c34-29(21-31(37)40-32(38)39-23-25-13-5-1-6-14-25)30-22-35-24-36(30)33(26-15-7-2-8-16-26,27-17-9-3-10-18-27)28-19-11-4-12-20-28/h1-20,22,24,29H,21,23,34H2. The van der Waals surface area contributed by atoms with Crippen molar-refractivity contribution in [2.45, 2.75) is 24.6 Å². The number of rotatable bonds is 9. The highest BCUT2D eigenvalue weighted by atomic mass is 16.7. The average Bonchev–Trinajstić information content (AvgIpc) is 3.49. The molecule has 2 N–H and O–H groups in total. The molecule has 1 heterocycles. The molecule has 0 fully saturated rings. The quantitative estimate of drug-likeness (QED) is 0.143. The van der Waals surface area contributed by atoms with Crippen molar-refractivity contribution in [3.63, 3.8) is 0 Å². The Kier molecular flexibility index (Phi) is 8.13. The van der Waals surface area contributed by atoms with Crippen LogP contribution in [0.1, 0.15) is 40.4 Å². The fourth-order valence-electron chi connectivity index (χ4n) is 4.98. The molecule has 0 aliphatic heterocycles. The maximum atomic E-state index is 12.7. The van der Waals surface area contributed by atoms with Gasteiger partial charge in [0, 0.05) is 6.20 Å². The van der Waals surface area contributed by atoms with Gasteiger partial charge in [0.15, 0.2) is 0 Å². The molecule has 1 atom stereocenters. The Morgan fingerprint density at radius 2 is 1.23 bits per heavy atom. The van der Waals surface area contributed by atoms with Crippen molar-refractivity contribution in [1.82, 2.24) is 9.55 Å². The number of nitrogens with two attached hydrogens (primary N) is 1. The highest BCUT2D eigenvalue weighted by molar-refractivity contribution is 5.82. The summed E-state index contributed by atoms with van der Waals surface area (Å²) in [4.78, 5) is 29.3. The number of nitrogens with zero attached hydrogens (tertiary/aromatic N) is 2. The van der Waals surface area contributed by atoms with Crippen LogP contribution < -0.4 is 5.73 Å². The summed E-state index contributed by atoms with van der Waals surface area (Å²) in [6.07, 6.45) is 2.05. The Bertz CT molecular complexity index is 1440. The minimum atomic E-state index is -1.07. The molecule has 200 valence electrons. The van der Waals surface area contributed by atoms with Gasteiger partial charge in [-0.1, -0.05) is 121 Å². The molecule has 0 spiro atoms. The van der Waals surface area contributed by atoms with Crippen molar-refractivity contribution < 1.29 is 19.1 Å². The lowest BCUT2D eigenvalue weighted by Crippen LogP contribution is -2.39. The molecule has 7 nitrogen and oxygen atoms in total. The summed E-state index contributed by atoms with van der Waals surface area (Å²) in [6, 6.07) is 38.6. The van der Waals surface area contributed by atoms with E-state index in [1.54, 1.807) is 12.5 Å². The Labute approximate surface area is 232 Å². The second kappa shape index (κ2) is 12.2. The summed E-state index contributed by atoms with van der Waals surface area (Å²) >= 11 is 0. The first kappa shape index (κ1) is 26.6. The molecule has 40 heavy (non-hydrogen) atoms. The minimum Gasteiger partial charge on any atom is -0.429 e. The third-order valence-corrected chi connectivity index (χ3v) is 6.77. The van der Waals surface area contributed by atoms with Crippen LogP contribution in [-0.2, 0) is 26.4 Å². The van der Waals surface area contributed by atoms with Crippen LogP contribution in [0.25, 0.3) is 0 Å². The lowest BCUT2D eigenvalue weighted by Gasteiger charge is -2.39. The van der Waals surface area contributed by atoms with E-state index in [4.69, 9.17) is 15.2 Å². The van der Waals surface area contributed by atoms with E-state index in [0.29, 0.717) is 5.69 Å². The minimum absolute atomic E-state index is 0.000472. The first-order valence-electron chi connectivity index (χ1n) is 12.9. The molecule has 0 bridgehead atoms. The topological polar surface area (TPSA) is 96.4 Å². The van der Waals surface area contributed by atoms with Gasteiger partial charge in [0.1, 0.15) is 12.1 Å². The predicted octanol–water partition coefficient (Wildman–Crippen LogP) is 5.99. The number of ether oxygens (including phenoxy) is 2. The second-order valence-corrected chi connectivity index (χ2v) is 9.31. The molecule has 0 aliphatic carbocycles. The Morgan fingerprint density at radius 1 is 0.750 bits per heavy atom. The lowest BCUT2D eigenvalue weighted by atomic mass is 9.76. The number of hydrogen-bond acceptors (Lipinski definition) is 6. The summed E-state index contributed by atoms with van der Waals surface area (Å²) in [5.74, 6) is -0.789. The van der Waals surface area contributed by atoms with Crippen molar-refractivity contribution in [2.24, 2.45) is 5.73 Å². The van der Waals surface area contributed by atoms with Gasteiger partial charge in [0.05, 0.1) is 24.5 Å². The summed E-state index contributed by atoms with van der Waals surface area (Å²) in [5.41, 5.74) is 10.1. The number of carbonyl (C=O) groups excluding carboxylic acids is 2. The monoisotopic (exact) mass is 531 g/mol. The smallest absolute Gasteiger partial charge is 0.429 e. The Morgan fingerprint density at radius 3 is 1.73 bits per heavy atom. The number of imidazole rings is 1. The molecular weight excluding hydrogens is 502 g/mol. The van der Waals surface area contributed by atoms with Crippen molar-refractivity contribution in [3.8, 4) is 0 Å². The maximum Gasteiger partial charge on any atom is 0.516 e. The molecule has 0 saturated heterocycles. The highest BCUT2D eigenvalue weighted by Gasteiger charge is 2.40. The van der Waals surface area contributed by atoms with Crippen LogP contribution in [0.4, 0.5) is 4.79 Å². The predicted molar refractivity (Wildman–Crippen MR) is 151 cm³/mol. The molecule has 0 aliphatic rings. The van der Waals surface area contributed by atoms with Gasteiger partial charge >= 0.3 is 12.1 Å². The molecule has 7 heteroatoms. The average molecular weight is 532 g/mol. The molecule has 0 amide bonds. The summed E-state index contributed by atoms with van der Waals surface area (Å²) < 4.78 is 12.0. The Balaban J connectivity index is 1.46. The van der Waals surface area contributed by atoms with Crippen LogP contribution >= 0.6 is 0 Å². The van der Waals surface area contributed by atoms with Gasteiger partial charge in [-0.05, 0) is 22.3 Å². The fourth-order valence-corrected chi connectivity index (χ4v) is 4.98. The van der Waals surface area contributed by atoms with Crippen molar-refractivity contribution in [1.29, 1.82) is 0 Å². The number of hydrogen-bond donors (Lipinski definition) is 1. The van der Waals surface area contributed by atoms with Gasteiger partial charge in [-0.3, -0.25) is 4.79 Å². The second-order valence-electron chi connectivity index (χ2n) is 9.31. The largest absolute Gasteiger partial charge is 0.516 e. The SMILES string of the molecule is NC(CC(=O)OC(=O)OCc1ccccc1)c1cncn1C(c1ccccc1)(c1ccccc1)c1ccccc1. The molecule has 0 radical (unpaired) electrons. The van der Waals surface area contributed by atoms with Crippen molar-refractivity contribution in [3.05, 3.63) is 162 Å². The molecule has 5 aromatic rings. The maximum absolute atomic E-state index is 12.7. The molecule has 4 aromatic carbocycles. The zero-order chi connectivity index (χ0) is 27.8. The van der Waals surface area contributed by atoms with Gasteiger partial charge in [-0.2, -0.15) is 0 Å². The van der Waals surface area contributed by atoms with E-state index in [-0.39, 0.29) is 13.0 Å². The molecule has 1 aromatic heterocycles. The van der Waals surface area contributed by atoms with Crippen LogP contribution in [0.5, 0.6) is 0 Å². The van der Waals surface area contributed by atoms with Gasteiger partial charge < -0.3 is 19.8 Å². The van der Waals surface area contributed by atoms with E-state index in [2.05, 4.69) is 41.4 Å². The fraction of sp³-hybridized carbons (Fsp3) is 0.121. The van der Waals surface area contributed by atoms with Gasteiger partial charge in [0.25, 0.3) is 0 Å². The zero-order valence-electron chi connectivity index (χ0n) is 21.8. The van der Waals surface area contributed by atoms with E-state index in [9.17, 15) is 9.59 Å². The first-order valence-corrected chi connectivity index (χ1v) is 12.9. The molecule has 0 saturated carbocycles. The third-order valence-electron chi connectivity index (χ3n) is 6.77. The molecule has 1 unspecified atom stereocenters. The molecule has 5 rings (SSSR count). The van der Waals surface area contributed by atoms with E-state index in [1.807, 2.05) is 89.5 Å². The van der Waals surface area contributed by atoms with Crippen molar-refractivity contribution in [2.75, 3.05) is 0 Å². The van der Waals surface area contributed by atoms with Crippen LogP contribution in [0.3, 0.4) is 0 Å². The third kappa shape index (κ3) is 5.55. The van der Waals surface area contributed by atoms with E-state index >= 15 is 0 Å². The van der Waals surface area contributed by atoms with E-state index < -0.39 is 23.7 Å². The summed E-state index contributed by atoms with van der Waals surface area (Å²) in [5, 5.41) is 0. The first-order chi connectivity index (χ1) is 19.6. The summed E-state index contributed by atoms with van der Waals surface area (Å²) in [6.45, 7) is -0.000472. The Hall–Kier alpha value is -5.01. The number of esters is 1. The van der Waals surface area contributed by atoms with Crippen LogP contribution in [0.2, 0.25) is 0 Å². The number of benzene rings is 4. The number of aromatic nitrogens is 2. The lowest BCUT2D eigenvalue weighted by molar-refractivity contribution is -0.140.